The Kier molecular flexibility index (Phi) is 14.3. The maximum absolute atomic E-state index is 13.0. The quantitative estimate of drug-likeness (QED) is 0.104. The molecule has 46 heavy (non-hydrogen) atoms. The zero-order chi connectivity index (χ0) is 33.5. The van der Waals surface area contributed by atoms with Gasteiger partial charge in [0, 0.05) is 29.9 Å². The Balaban J connectivity index is 1.25. The van der Waals surface area contributed by atoms with Crippen molar-refractivity contribution in [2.24, 2.45) is 63.7 Å². The molecule has 266 valence electrons. The van der Waals surface area contributed by atoms with Crippen LogP contribution in [-0.4, -0.2) is 77.8 Å². The summed E-state index contributed by atoms with van der Waals surface area (Å²) in [4.78, 5) is 24.0. The number of carboxylic acid groups (broad SMARTS) is 1. The van der Waals surface area contributed by atoms with E-state index in [2.05, 4.69) is 31.4 Å². The van der Waals surface area contributed by atoms with Crippen molar-refractivity contribution in [1.82, 2.24) is 10.6 Å². The molecule has 4 saturated carbocycles. The second-order valence-corrected chi connectivity index (χ2v) is 17.5. The lowest BCUT2D eigenvalue weighted by Crippen LogP contribution is -2.59. The highest BCUT2D eigenvalue weighted by atomic mass is 32.2. The van der Waals surface area contributed by atoms with E-state index in [4.69, 9.17) is 16.6 Å². The molecule has 4 aliphatic rings. The van der Waals surface area contributed by atoms with Crippen molar-refractivity contribution in [2.45, 2.75) is 129 Å². The summed E-state index contributed by atoms with van der Waals surface area (Å²) in [6.07, 6.45) is 14.4. The number of hydrogen-bond donors (Lipinski definition) is 6. The smallest absolute Gasteiger partial charge is 0.321 e. The van der Waals surface area contributed by atoms with Crippen LogP contribution < -0.4 is 22.1 Å². The van der Waals surface area contributed by atoms with Gasteiger partial charge in [0.2, 0.25) is 0 Å². The molecule has 7 unspecified atom stereocenters. The predicted octanol–water partition coefficient (Wildman–Crippen LogP) is 5.06. The normalized spacial score (nSPS) is 37.5. The van der Waals surface area contributed by atoms with Crippen LogP contribution in [-0.2, 0) is 9.59 Å². The lowest BCUT2D eigenvalue weighted by Gasteiger charge is -2.62. The Hall–Kier alpha value is -0.710. The average molecular weight is 665 g/mol. The molecule has 8 N–H and O–H groups in total. The standard InChI is InChI=1S/C37H68N4O4S/c1-24(8-11-32(42)25(2)22-46-23-31(39)35(44)45)28-9-10-29-34-30(13-15-37(28,29)4)36(3)14-12-27(20-26(36)21-33(34)43)41-19-7-18-40-17-6-5-16-38/h24-31,33-34,40-41,43H,5-23,38-39H2,1-4H3,(H,44,45)/t24-,25?,26-,27+,28?,29?,30?,31?,33?,34?,36+,37-/m1/s1. The summed E-state index contributed by atoms with van der Waals surface area (Å²) < 4.78 is 0. The largest absolute Gasteiger partial charge is 0.480 e. The third kappa shape index (κ3) is 8.90. The van der Waals surface area contributed by atoms with Crippen LogP contribution in [0.2, 0.25) is 0 Å². The minimum atomic E-state index is -0.989. The number of aliphatic carboxylic acids is 1. The van der Waals surface area contributed by atoms with Crippen LogP contribution >= 0.6 is 11.8 Å². The summed E-state index contributed by atoms with van der Waals surface area (Å²) in [6.45, 7) is 13.4. The SMILES string of the molecule is CC(CSCC(N)C(=O)O)C(=O)CC[C@@H](C)C1CCC2C3C(O)C[C@H]4C[C@@H](NCCCNCCCCN)CC[C@]4(C)C3CC[C@@]21C. The van der Waals surface area contributed by atoms with Gasteiger partial charge in [-0.25, -0.2) is 0 Å². The lowest BCUT2D eigenvalue weighted by atomic mass is 9.43. The molecule has 0 radical (unpaired) electrons. The molecular weight excluding hydrogens is 596 g/mol. The van der Waals surface area contributed by atoms with Gasteiger partial charge in [0.05, 0.1) is 6.10 Å². The Morgan fingerprint density at radius 1 is 0.935 bits per heavy atom. The number of fused-ring (bicyclic) bond motifs is 5. The molecule has 0 aromatic carbocycles. The summed E-state index contributed by atoms with van der Waals surface area (Å²) in [5.74, 6) is 3.52. The molecule has 4 aliphatic carbocycles. The molecule has 0 heterocycles. The highest BCUT2D eigenvalue weighted by Gasteiger charge is 2.62. The number of aliphatic hydroxyl groups is 1. The predicted molar refractivity (Wildman–Crippen MR) is 190 cm³/mol. The molecule has 9 heteroatoms. The number of carbonyl (C=O) groups excluding carboxylic acids is 1. The van der Waals surface area contributed by atoms with Gasteiger partial charge in [-0.1, -0.05) is 27.7 Å². The van der Waals surface area contributed by atoms with Crippen molar-refractivity contribution in [1.29, 1.82) is 0 Å². The molecule has 0 bridgehead atoms. The van der Waals surface area contributed by atoms with Gasteiger partial charge in [-0.2, -0.15) is 11.8 Å². The molecule has 4 rings (SSSR count). The minimum Gasteiger partial charge on any atom is -0.480 e. The van der Waals surface area contributed by atoms with E-state index in [9.17, 15) is 14.7 Å². The number of Topliss-reactive ketones (excluding diaryl/α,β-unsaturated/α-hetero) is 1. The van der Waals surface area contributed by atoms with E-state index in [-0.39, 0.29) is 23.2 Å². The van der Waals surface area contributed by atoms with Crippen molar-refractivity contribution >= 4 is 23.5 Å². The van der Waals surface area contributed by atoms with Crippen LogP contribution in [0.1, 0.15) is 111 Å². The van der Waals surface area contributed by atoms with Crippen LogP contribution in [0.25, 0.3) is 0 Å². The maximum Gasteiger partial charge on any atom is 0.321 e. The van der Waals surface area contributed by atoms with Crippen LogP contribution in [0, 0.1) is 52.3 Å². The van der Waals surface area contributed by atoms with E-state index in [1.165, 1.54) is 56.7 Å². The highest BCUT2D eigenvalue weighted by Crippen LogP contribution is 2.68. The summed E-state index contributed by atoms with van der Waals surface area (Å²) in [5, 5.41) is 28.2. The van der Waals surface area contributed by atoms with E-state index in [1.54, 1.807) is 0 Å². The van der Waals surface area contributed by atoms with Gasteiger partial charge in [0.15, 0.2) is 0 Å². The van der Waals surface area contributed by atoms with Gasteiger partial charge in [-0.3, -0.25) is 9.59 Å². The fraction of sp³-hybridized carbons (Fsp3) is 0.946. The van der Waals surface area contributed by atoms with Gasteiger partial charge in [0.25, 0.3) is 0 Å². The zero-order valence-corrected chi connectivity index (χ0v) is 30.3. The highest BCUT2D eigenvalue weighted by molar-refractivity contribution is 7.99. The third-order valence-corrected chi connectivity index (χ3v) is 14.9. The molecule has 8 nitrogen and oxygen atoms in total. The molecular formula is C37H68N4O4S. The first-order valence-corrected chi connectivity index (χ1v) is 20.0. The van der Waals surface area contributed by atoms with Crippen LogP contribution in [0.4, 0.5) is 0 Å². The van der Waals surface area contributed by atoms with Gasteiger partial charge in [-0.05, 0) is 150 Å². The molecule has 0 aliphatic heterocycles. The number of nitrogens with one attached hydrogen (secondary N) is 2. The third-order valence-electron chi connectivity index (χ3n) is 13.6. The van der Waals surface area contributed by atoms with E-state index < -0.39 is 12.0 Å². The number of carbonyl (C=O) groups is 2. The average Bonchev–Trinajstić information content (AvgIpc) is 3.38. The fourth-order valence-corrected chi connectivity index (χ4v) is 11.8. The summed E-state index contributed by atoms with van der Waals surface area (Å²) in [7, 11) is 0. The Bertz CT molecular complexity index is 987. The number of hydrogen-bond acceptors (Lipinski definition) is 8. The van der Waals surface area contributed by atoms with Crippen molar-refractivity contribution in [3.05, 3.63) is 0 Å². The lowest BCUT2D eigenvalue weighted by molar-refractivity contribution is -0.167. The number of rotatable bonds is 19. The minimum absolute atomic E-state index is 0.0782. The van der Waals surface area contributed by atoms with E-state index in [1.807, 2.05) is 6.92 Å². The van der Waals surface area contributed by atoms with Crippen molar-refractivity contribution in [3.63, 3.8) is 0 Å². The van der Waals surface area contributed by atoms with Crippen molar-refractivity contribution < 1.29 is 19.8 Å². The Morgan fingerprint density at radius 2 is 1.65 bits per heavy atom. The summed E-state index contributed by atoms with van der Waals surface area (Å²) in [6, 6.07) is -0.294. The number of unbranched alkanes of at least 4 members (excludes halogenated alkanes) is 1. The fourth-order valence-electron chi connectivity index (χ4n) is 10.8. The molecule has 0 saturated heterocycles. The first-order valence-electron chi connectivity index (χ1n) is 18.8. The summed E-state index contributed by atoms with van der Waals surface area (Å²) >= 11 is 1.47. The second kappa shape index (κ2) is 17.3. The van der Waals surface area contributed by atoms with Gasteiger partial charge >= 0.3 is 5.97 Å². The molecule has 12 atom stereocenters. The topological polar surface area (TPSA) is 151 Å². The second-order valence-electron chi connectivity index (χ2n) is 16.4. The van der Waals surface area contributed by atoms with Gasteiger partial charge in [-0.15, -0.1) is 0 Å². The molecule has 0 amide bonds. The molecule has 4 fully saturated rings. The number of aliphatic hydroxyl groups excluding tert-OH is 1. The maximum atomic E-state index is 13.0. The number of thioether (sulfide) groups is 1. The molecule has 0 aromatic heterocycles. The number of nitrogens with two attached hydrogens (primary N) is 2. The summed E-state index contributed by atoms with van der Waals surface area (Å²) in [5.41, 5.74) is 11.8. The number of carboxylic acids is 1. The van der Waals surface area contributed by atoms with E-state index in [0.717, 1.165) is 58.3 Å². The van der Waals surface area contributed by atoms with E-state index >= 15 is 0 Å². The van der Waals surface area contributed by atoms with Crippen LogP contribution in [0.5, 0.6) is 0 Å². The monoisotopic (exact) mass is 664 g/mol. The molecule has 0 aromatic rings. The number of ketones is 1. The van der Waals surface area contributed by atoms with Crippen molar-refractivity contribution in [2.75, 3.05) is 37.7 Å². The zero-order valence-electron chi connectivity index (χ0n) is 29.5. The van der Waals surface area contributed by atoms with Crippen molar-refractivity contribution in [3.8, 4) is 0 Å². The van der Waals surface area contributed by atoms with E-state index in [0.29, 0.717) is 64.9 Å². The van der Waals surface area contributed by atoms with Crippen LogP contribution in [0.3, 0.4) is 0 Å². The van der Waals surface area contributed by atoms with Gasteiger partial charge in [0.1, 0.15) is 11.8 Å². The Morgan fingerprint density at radius 3 is 2.39 bits per heavy atom. The first-order chi connectivity index (χ1) is 21.9. The van der Waals surface area contributed by atoms with Crippen LogP contribution in [0.15, 0.2) is 0 Å². The Labute approximate surface area is 284 Å². The van der Waals surface area contributed by atoms with Gasteiger partial charge < -0.3 is 32.3 Å². The first kappa shape index (κ1) is 38.1. The molecule has 0 spiro atoms.